The van der Waals surface area contributed by atoms with Crippen LogP contribution in [0.3, 0.4) is 0 Å². The van der Waals surface area contributed by atoms with Crippen molar-refractivity contribution >= 4 is 0 Å². The van der Waals surface area contributed by atoms with Gasteiger partial charge in [0.1, 0.15) is 0 Å². The SMILES string of the molecule is COCCNCc1ccc(-n2ccc(C)n2)cc1. The van der Waals surface area contributed by atoms with Crippen LogP contribution in [-0.4, -0.2) is 30.0 Å². The van der Waals surface area contributed by atoms with Crippen molar-refractivity contribution in [3.63, 3.8) is 0 Å². The van der Waals surface area contributed by atoms with E-state index in [1.165, 1.54) is 5.56 Å². The zero-order valence-corrected chi connectivity index (χ0v) is 10.9. The highest BCUT2D eigenvalue weighted by Gasteiger charge is 1.98. The van der Waals surface area contributed by atoms with Crippen molar-refractivity contribution in [1.29, 1.82) is 0 Å². The lowest BCUT2D eigenvalue weighted by molar-refractivity contribution is 0.199. The number of rotatable bonds is 6. The van der Waals surface area contributed by atoms with Crippen molar-refractivity contribution in [2.24, 2.45) is 0 Å². The summed E-state index contributed by atoms with van der Waals surface area (Å²) in [6.07, 6.45) is 1.97. The Hall–Kier alpha value is -1.65. The van der Waals surface area contributed by atoms with Crippen molar-refractivity contribution < 1.29 is 4.74 Å². The second kappa shape index (κ2) is 6.33. The minimum Gasteiger partial charge on any atom is -0.383 e. The fraction of sp³-hybridized carbons (Fsp3) is 0.357. The number of methoxy groups -OCH3 is 1. The normalized spacial score (nSPS) is 10.8. The quantitative estimate of drug-likeness (QED) is 0.790. The average molecular weight is 245 g/mol. The highest BCUT2D eigenvalue weighted by atomic mass is 16.5. The molecule has 0 aliphatic carbocycles. The number of aromatic nitrogens is 2. The monoisotopic (exact) mass is 245 g/mol. The van der Waals surface area contributed by atoms with Gasteiger partial charge in [-0.15, -0.1) is 0 Å². The Morgan fingerprint density at radius 1 is 1.22 bits per heavy atom. The van der Waals surface area contributed by atoms with Crippen LogP contribution in [0.15, 0.2) is 36.5 Å². The maximum absolute atomic E-state index is 4.98. The van der Waals surface area contributed by atoms with E-state index >= 15 is 0 Å². The average Bonchev–Trinajstić information content (AvgIpc) is 2.82. The van der Waals surface area contributed by atoms with Crippen LogP contribution in [0, 0.1) is 6.92 Å². The smallest absolute Gasteiger partial charge is 0.0645 e. The van der Waals surface area contributed by atoms with Gasteiger partial charge in [-0.2, -0.15) is 5.10 Å². The first-order chi connectivity index (χ1) is 8.79. The van der Waals surface area contributed by atoms with Crippen molar-refractivity contribution in [1.82, 2.24) is 15.1 Å². The Bertz CT molecular complexity index is 476. The highest BCUT2D eigenvalue weighted by molar-refractivity contribution is 5.34. The molecule has 2 aromatic rings. The molecule has 0 aliphatic heterocycles. The first kappa shape index (κ1) is 12.8. The van der Waals surface area contributed by atoms with E-state index in [4.69, 9.17) is 4.74 Å². The van der Waals surface area contributed by atoms with Gasteiger partial charge < -0.3 is 10.1 Å². The second-order valence-corrected chi connectivity index (χ2v) is 4.24. The zero-order valence-electron chi connectivity index (χ0n) is 10.9. The molecule has 1 aromatic carbocycles. The van der Waals surface area contributed by atoms with Crippen molar-refractivity contribution in [2.75, 3.05) is 20.3 Å². The molecule has 0 atom stereocenters. The number of hydrogen-bond donors (Lipinski definition) is 1. The Labute approximate surface area is 108 Å². The molecule has 0 unspecified atom stereocenters. The topological polar surface area (TPSA) is 39.1 Å². The summed E-state index contributed by atoms with van der Waals surface area (Å²) >= 11 is 0. The van der Waals surface area contributed by atoms with Gasteiger partial charge in [-0.05, 0) is 30.7 Å². The Balaban J connectivity index is 1.93. The predicted octanol–water partition coefficient (Wildman–Crippen LogP) is 1.92. The molecule has 0 amide bonds. The molecular weight excluding hydrogens is 226 g/mol. The van der Waals surface area contributed by atoms with Gasteiger partial charge in [0.15, 0.2) is 0 Å². The van der Waals surface area contributed by atoms with Crippen molar-refractivity contribution in [3.8, 4) is 5.69 Å². The van der Waals surface area contributed by atoms with Gasteiger partial charge in [0.2, 0.25) is 0 Å². The predicted molar refractivity (Wildman–Crippen MR) is 71.9 cm³/mol. The summed E-state index contributed by atoms with van der Waals surface area (Å²) in [5.41, 5.74) is 3.38. The number of ether oxygens (including phenoxy) is 1. The molecule has 0 aliphatic rings. The molecule has 1 aromatic heterocycles. The molecule has 0 fully saturated rings. The van der Waals surface area contributed by atoms with Crippen LogP contribution in [0.4, 0.5) is 0 Å². The van der Waals surface area contributed by atoms with E-state index in [9.17, 15) is 0 Å². The van der Waals surface area contributed by atoms with Crippen LogP contribution in [0.1, 0.15) is 11.3 Å². The summed E-state index contributed by atoms with van der Waals surface area (Å²) in [4.78, 5) is 0. The van der Waals surface area contributed by atoms with Gasteiger partial charge in [0.25, 0.3) is 0 Å². The minimum atomic E-state index is 0.741. The molecule has 0 spiro atoms. The summed E-state index contributed by atoms with van der Waals surface area (Å²) in [7, 11) is 1.71. The van der Waals surface area contributed by atoms with Crippen LogP contribution in [0.2, 0.25) is 0 Å². The molecule has 4 nitrogen and oxygen atoms in total. The molecule has 0 radical (unpaired) electrons. The number of hydrogen-bond acceptors (Lipinski definition) is 3. The largest absolute Gasteiger partial charge is 0.383 e. The van der Waals surface area contributed by atoms with Gasteiger partial charge >= 0.3 is 0 Å². The van der Waals surface area contributed by atoms with Crippen molar-refractivity contribution in [3.05, 3.63) is 47.8 Å². The lowest BCUT2D eigenvalue weighted by Gasteiger charge is -2.06. The molecule has 96 valence electrons. The number of aryl methyl sites for hydroxylation is 1. The number of nitrogens with one attached hydrogen (secondary N) is 1. The van der Waals surface area contributed by atoms with E-state index in [1.54, 1.807) is 7.11 Å². The van der Waals surface area contributed by atoms with E-state index in [0.717, 1.165) is 31.1 Å². The molecule has 1 heterocycles. The number of nitrogens with zero attached hydrogens (tertiary/aromatic N) is 2. The molecule has 2 rings (SSSR count). The fourth-order valence-corrected chi connectivity index (χ4v) is 1.73. The van der Waals surface area contributed by atoms with E-state index in [-0.39, 0.29) is 0 Å². The van der Waals surface area contributed by atoms with Gasteiger partial charge in [0.05, 0.1) is 18.0 Å². The zero-order chi connectivity index (χ0) is 12.8. The third kappa shape index (κ3) is 3.42. The molecule has 0 bridgehead atoms. The molecule has 1 N–H and O–H groups in total. The second-order valence-electron chi connectivity index (χ2n) is 4.24. The third-order valence-corrected chi connectivity index (χ3v) is 2.74. The maximum Gasteiger partial charge on any atom is 0.0645 e. The van der Waals surface area contributed by atoms with Gasteiger partial charge in [-0.1, -0.05) is 12.1 Å². The standard InChI is InChI=1S/C14H19N3O/c1-12-7-9-17(16-12)14-5-3-13(4-6-14)11-15-8-10-18-2/h3-7,9,15H,8,10-11H2,1-2H3. The van der Waals surface area contributed by atoms with Gasteiger partial charge in [0, 0.05) is 26.4 Å². The molecule has 18 heavy (non-hydrogen) atoms. The van der Waals surface area contributed by atoms with E-state index in [1.807, 2.05) is 23.9 Å². The van der Waals surface area contributed by atoms with Crippen LogP contribution in [0.25, 0.3) is 5.69 Å². The molecule has 0 saturated heterocycles. The molecule has 4 heteroatoms. The van der Waals surface area contributed by atoms with Crippen LogP contribution in [0.5, 0.6) is 0 Å². The molecule has 0 saturated carbocycles. The molecular formula is C14H19N3O. The maximum atomic E-state index is 4.98. The summed E-state index contributed by atoms with van der Waals surface area (Å²) < 4.78 is 6.87. The van der Waals surface area contributed by atoms with Gasteiger partial charge in [-0.25, -0.2) is 4.68 Å². The lowest BCUT2D eigenvalue weighted by atomic mass is 10.2. The van der Waals surface area contributed by atoms with Crippen LogP contribution in [-0.2, 0) is 11.3 Å². The van der Waals surface area contributed by atoms with Gasteiger partial charge in [-0.3, -0.25) is 0 Å². The fourth-order valence-electron chi connectivity index (χ4n) is 1.73. The minimum absolute atomic E-state index is 0.741. The summed E-state index contributed by atoms with van der Waals surface area (Å²) in [6, 6.07) is 10.4. The Morgan fingerprint density at radius 2 is 2.00 bits per heavy atom. The lowest BCUT2D eigenvalue weighted by Crippen LogP contribution is -2.18. The van der Waals surface area contributed by atoms with Crippen LogP contribution < -0.4 is 5.32 Å². The highest BCUT2D eigenvalue weighted by Crippen LogP contribution is 2.09. The summed E-state index contributed by atoms with van der Waals surface area (Å²) in [5, 5.41) is 7.70. The first-order valence-electron chi connectivity index (χ1n) is 6.11. The summed E-state index contributed by atoms with van der Waals surface area (Å²) in [6.45, 7) is 4.47. The van der Waals surface area contributed by atoms with E-state index < -0.39 is 0 Å². The van der Waals surface area contributed by atoms with Crippen molar-refractivity contribution in [2.45, 2.75) is 13.5 Å². The van der Waals surface area contributed by atoms with E-state index in [2.05, 4.69) is 34.7 Å². The number of benzene rings is 1. The Morgan fingerprint density at radius 3 is 2.61 bits per heavy atom. The van der Waals surface area contributed by atoms with Crippen LogP contribution >= 0.6 is 0 Å². The third-order valence-electron chi connectivity index (χ3n) is 2.74. The Kier molecular flexibility index (Phi) is 4.50. The summed E-state index contributed by atoms with van der Waals surface area (Å²) in [5.74, 6) is 0. The first-order valence-corrected chi connectivity index (χ1v) is 6.11. The van der Waals surface area contributed by atoms with E-state index in [0.29, 0.717) is 0 Å².